The third-order valence-corrected chi connectivity index (χ3v) is 6.28. The van der Waals surface area contributed by atoms with Crippen LogP contribution in [0.3, 0.4) is 0 Å². The predicted octanol–water partition coefficient (Wildman–Crippen LogP) is 3.15. The van der Waals surface area contributed by atoms with E-state index in [0.29, 0.717) is 17.7 Å². The lowest BCUT2D eigenvalue weighted by Gasteiger charge is -2.29. The number of fused-ring (bicyclic) bond motifs is 1. The molecule has 2 aliphatic heterocycles. The highest BCUT2D eigenvalue weighted by molar-refractivity contribution is 6.17. The van der Waals surface area contributed by atoms with Crippen molar-refractivity contribution < 1.29 is 19.1 Å². The molecule has 2 aliphatic rings. The zero-order valence-electron chi connectivity index (χ0n) is 20.2. The zero-order chi connectivity index (χ0) is 24.1. The van der Waals surface area contributed by atoms with Gasteiger partial charge in [0.2, 0.25) is 0 Å². The lowest BCUT2D eigenvalue weighted by molar-refractivity contribution is 0.0383. The number of ether oxygens (including phenoxy) is 2. The molecule has 0 unspecified atom stereocenters. The molecule has 1 amide bonds. The van der Waals surface area contributed by atoms with Crippen LogP contribution < -0.4 is 10.1 Å². The van der Waals surface area contributed by atoms with Crippen molar-refractivity contribution in [1.29, 1.82) is 0 Å². The highest BCUT2D eigenvalue weighted by Gasteiger charge is 2.28. The molecule has 2 aromatic carbocycles. The van der Waals surface area contributed by atoms with Crippen LogP contribution in [0.25, 0.3) is 0 Å². The number of aliphatic imine (C=N–C) groups is 1. The molecule has 7 heteroatoms. The van der Waals surface area contributed by atoms with E-state index >= 15 is 0 Å². The molecule has 0 atom stereocenters. The van der Waals surface area contributed by atoms with Gasteiger partial charge in [-0.15, -0.1) is 0 Å². The van der Waals surface area contributed by atoms with Gasteiger partial charge in [0.1, 0.15) is 5.75 Å². The van der Waals surface area contributed by atoms with Crippen LogP contribution in [0, 0.1) is 0 Å². The maximum atomic E-state index is 13.2. The number of ketones is 1. The number of benzene rings is 2. The van der Waals surface area contributed by atoms with Crippen molar-refractivity contribution in [2.75, 3.05) is 46.5 Å². The Hall–Kier alpha value is -3.03. The number of morpholine rings is 1. The van der Waals surface area contributed by atoms with E-state index in [1.807, 2.05) is 12.1 Å². The van der Waals surface area contributed by atoms with Crippen molar-refractivity contribution >= 4 is 17.4 Å². The van der Waals surface area contributed by atoms with Crippen LogP contribution in [0.5, 0.6) is 5.75 Å². The Morgan fingerprint density at radius 1 is 1.12 bits per heavy atom. The fourth-order valence-electron chi connectivity index (χ4n) is 4.51. The topological polar surface area (TPSA) is 80.2 Å². The second kappa shape index (κ2) is 10.5. The average Bonchev–Trinajstić information content (AvgIpc) is 2.84. The van der Waals surface area contributed by atoms with E-state index in [1.165, 1.54) is 0 Å². The fourth-order valence-corrected chi connectivity index (χ4v) is 4.51. The summed E-state index contributed by atoms with van der Waals surface area (Å²) in [6.07, 6.45) is 0.982. The van der Waals surface area contributed by atoms with Gasteiger partial charge in [0.15, 0.2) is 5.78 Å². The molecule has 0 aromatic heterocycles. The Morgan fingerprint density at radius 3 is 2.65 bits per heavy atom. The fraction of sp³-hybridized carbons (Fsp3) is 0.444. The van der Waals surface area contributed by atoms with E-state index in [2.05, 4.69) is 30.1 Å². The molecule has 34 heavy (non-hydrogen) atoms. The van der Waals surface area contributed by atoms with Crippen LogP contribution in [0.4, 0.5) is 0 Å². The highest BCUT2D eigenvalue weighted by atomic mass is 16.5. The zero-order valence-corrected chi connectivity index (χ0v) is 20.2. The van der Waals surface area contributed by atoms with Gasteiger partial charge in [-0.2, -0.15) is 0 Å². The van der Waals surface area contributed by atoms with Gasteiger partial charge in [0.05, 0.1) is 38.0 Å². The van der Waals surface area contributed by atoms with Crippen LogP contribution >= 0.6 is 0 Å². The Morgan fingerprint density at radius 2 is 1.88 bits per heavy atom. The van der Waals surface area contributed by atoms with Gasteiger partial charge in [-0.3, -0.25) is 19.5 Å². The van der Waals surface area contributed by atoms with Gasteiger partial charge in [0, 0.05) is 42.9 Å². The minimum absolute atomic E-state index is 0.0619. The lowest BCUT2D eigenvalue weighted by atomic mass is 9.85. The van der Waals surface area contributed by atoms with E-state index in [1.54, 1.807) is 31.4 Å². The minimum atomic E-state index is -0.278. The molecule has 2 heterocycles. The highest BCUT2D eigenvalue weighted by Crippen LogP contribution is 2.31. The molecule has 4 rings (SSSR count). The number of carbonyl (C=O) groups is 2. The maximum absolute atomic E-state index is 13.2. The number of hydrogen-bond acceptors (Lipinski definition) is 6. The number of carbonyl (C=O) groups excluding carboxylic acids is 2. The summed E-state index contributed by atoms with van der Waals surface area (Å²) in [6, 6.07) is 12.9. The number of nitrogens with one attached hydrogen (secondary N) is 1. The number of hydrogen-bond donors (Lipinski definition) is 1. The number of Topliss-reactive ketones (excluding diaryl/α,β-unsaturated/α-hetero) is 1. The Labute approximate surface area is 201 Å². The summed E-state index contributed by atoms with van der Waals surface area (Å²) in [5.74, 6) is 0.511. The SMILES string of the molecule is COc1ccc2c(c1)C(CC(=O)c1cccc(C(=O)NCCN3CCOCC3)c1)=NC(C)(C)C2. The third-order valence-electron chi connectivity index (χ3n) is 6.28. The second-order valence-corrected chi connectivity index (χ2v) is 9.46. The van der Waals surface area contributed by atoms with Gasteiger partial charge in [0.25, 0.3) is 5.91 Å². The number of rotatable bonds is 8. The van der Waals surface area contributed by atoms with Crippen LogP contribution in [0.15, 0.2) is 47.5 Å². The van der Waals surface area contributed by atoms with Crippen molar-refractivity contribution in [3.63, 3.8) is 0 Å². The molecule has 1 N–H and O–H groups in total. The second-order valence-electron chi connectivity index (χ2n) is 9.46. The van der Waals surface area contributed by atoms with Gasteiger partial charge < -0.3 is 14.8 Å². The maximum Gasteiger partial charge on any atom is 0.251 e. The first-order chi connectivity index (χ1) is 16.3. The Bertz CT molecular complexity index is 1090. The van der Waals surface area contributed by atoms with Crippen molar-refractivity contribution in [3.05, 3.63) is 64.7 Å². The number of methoxy groups -OCH3 is 1. The van der Waals surface area contributed by atoms with Crippen LogP contribution in [0.2, 0.25) is 0 Å². The Balaban J connectivity index is 1.44. The molecule has 0 saturated carbocycles. The summed E-state index contributed by atoms with van der Waals surface area (Å²) >= 11 is 0. The van der Waals surface area contributed by atoms with Gasteiger partial charge >= 0.3 is 0 Å². The molecule has 0 aliphatic carbocycles. The quantitative estimate of drug-likeness (QED) is 0.609. The number of nitrogens with zero attached hydrogens (tertiary/aromatic N) is 2. The lowest BCUT2D eigenvalue weighted by Crippen LogP contribution is -2.41. The van der Waals surface area contributed by atoms with Crippen molar-refractivity contribution in [2.24, 2.45) is 4.99 Å². The molecular formula is C27H33N3O4. The van der Waals surface area contributed by atoms with Gasteiger partial charge in [-0.1, -0.05) is 18.2 Å². The van der Waals surface area contributed by atoms with Crippen LogP contribution in [-0.2, 0) is 11.2 Å². The van der Waals surface area contributed by atoms with E-state index < -0.39 is 0 Å². The van der Waals surface area contributed by atoms with Gasteiger partial charge in [-0.25, -0.2) is 0 Å². The average molecular weight is 464 g/mol. The summed E-state index contributed by atoms with van der Waals surface area (Å²) in [4.78, 5) is 33.0. The largest absolute Gasteiger partial charge is 0.497 e. The molecular weight excluding hydrogens is 430 g/mol. The van der Waals surface area contributed by atoms with Crippen molar-refractivity contribution in [1.82, 2.24) is 10.2 Å². The minimum Gasteiger partial charge on any atom is -0.497 e. The smallest absolute Gasteiger partial charge is 0.251 e. The van der Waals surface area contributed by atoms with E-state index in [-0.39, 0.29) is 23.7 Å². The summed E-state index contributed by atoms with van der Waals surface area (Å²) in [6.45, 7) is 8.73. The molecule has 0 spiro atoms. The van der Waals surface area contributed by atoms with E-state index in [9.17, 15) is 9.59 Å². The summed E-state index contributed by atoms with van der Waals surface area (Å²) in [5, 5.41) is 2.96. The monoisotopic (exact) mass is 463 g/mol. The number of amides is 1. The first-order valence-electron chi connectivity index (χ1n) is 11.8. The molecule has 1 fully saturated rings. The van der Waals surface area contributed by atoms with E-state index in [4.69, 9.17) is 14.5 Å². The first kappa shape index (κ1) is 24.1. The van der Waals surface area contributed by atoms with Gasteiger partial charge in [-0.05, 0) is 50.1 Å². The Kier molecular flexibility index (Phi) is 7.44. The van der Waals surface area contributed by atoms with E-state index in [0.717, 1.165) is 61.9 Å². The molecule has 180 valence electrons. The molecule has 1 saturated heterocycles. The summed E-state index contributed by atoms with van der Waals surface area (Å²) < 4.78 is 10.7. The molecule has 0 bridgehead atoms. The standard InChI is InChI=1S/C27H33N3O4/c1-27(2)18-21-7-8-22(33-3)16-23(21)24(29-27)17-25(31)19-5-4-6-20(15-19)26(32)28-9-10-30-11-13-34-14-12-30/h4-8,15-16H,9-14,17-18H2,1-3H3,(H,28,32). The first-order valence-corrected chi connectivity index (χ1v) is 11.8. The molecule has 2 aromatic rings. The third kappa shape index (κ3) is 5.90. The molecule has 7 nitrogen and oxygen atoms in total. The van der Waals surface area contributed by atoms with Crippen LogP contribution in [0.1, 0.15) is 52.1 Å². The predicted molar refractivity (Wildman–Crippen MR) is 132 cm³/mol. The van der Waals surface area contributed by atoms with Crippen molar-refractivity contribution in [3.8, 4) is 5.75 Å². The normalized spacial score (nSPS) is 17.4. The van der Waals surface area contributed by atoms with Crippen LogP contribution in [-0.4, -0.2) is 74.3 Å². The summed E-state index contributed by atoms with van der Waals surface area (Å²) in [7, 11) is 1.63. The molecule has 0 radical (unpaired) electrons. The van der Waals surface area contributed by atoms with Crippen molar-refractivity contribution in [2.45, 2.75) is 32.2 Å². The summed E-state index contributed by atoms with van der Waals surface area (Å²) in [5.41, 5.74) is 3.60.